The molecule has 1 aliphatic carbocycles. The molecular formula is C15H15F2N3O3. The van der Waals surface area contributed by atoms with E-state index in [9.17, 15) is 13.6 Å². The lowest BCUT2D eigenvalue weighted by molar-refractivity contribution is 0.181. The number of rotatable bonds is 2. The Hall–Kier alpha value is -2.38. The maximum atomic E-state index is 14.5. The van der Waals surface area contributed by atoms with Crippen LogP contribution in [0.2, 0.25) is 0 Å². The number of anilines is 2. The molecule has 1 aromatic carbocycles. The van der Waals surface area contributed by atoms with Gasteiger partial charge in [-0.1, -0.05) is 5.16 Å². The average Bonchev–Trinajstić information content (AvgIpc) is 2.99. The van der Waals surface area contributed by atoms with Gasteiger partial charge in [-0.2, -0.15) is 0 Å². The van der Waals surface area contributed by atoms with E-state index in [0.717, 1.165) is 25.0 Å². The number of nitrogens with zero attached hydrogens (tertiary/aromatic N) is 3. The molecule has 0 aromatic heterocycles. The van der Waals surface area contributed by atoms with Gasteiger partial charge in [0.1, 0.15) is 12.3 Å². The van der Waals surface area contributed by atoms with Crippen molar-refractivity contribution in [2.75, 3.05) is 36.0 Å². The third-order valence-electron chi connectivity index (χ3n) is 4.81. The van der Waals surface area contributed by atoms with Gasteiger partial charge in [-0.15, -0.1) is 0 Å². The molecule has 1 amide bonds. The number of hydrogen-bond acceptors (Lipinski definition) is 5. The summed E-state index contributed by atoms with van der Waals surface area (Å²) < 4.78 is 33.7. The third kappa shape index (κ3) is 2.12. The zero-order chi connectivity index (χ0) is 16.2. The Morgan fingerprint density at radius 3 is 2.43 bits per heavy atom. The summed E-state index contributed by atoms with van der Waals surface area (Å²) in [6, 6.07) is 2.28. The molecule has 122 valence electrons. The first-order chi connectivity index (χ1) is 11.0. The van der Waals surface area contributed by atoms with E-state index < -0.39 is 17.7 Å². The second-order valence-corrected chi connectivity index (χ2v) is 6.21. The molecule has 1 aromatic rings. The van der Waals surface area contributed by atoms with Crippen molar-refractivity contribution in [1.82, 2.24) is 0 Å². The van der Waals surface area contributed by atoms with Crippen LogP contribution in [0.5, 0.6) is 0 Å². The molecule has 0 unspecified atom stereocenters. The number of oxime groups is 1. The van der Waals surface area contributed by atoms with Crippen molar-refractivity contribution in [3.8, 4) is 0 Å². The maximum Gasteiger partial charge on any atom is 0.414 e. The van der Waals surface area contributed by atoms with Gasteiger partial charge in [-0.05, 0) is 12.8 Å². The van der Waals surface area contributed by atoms with Crippen molar-refractivity contribution in [2.45, 2.75) is 12.8 Å². The lowest BCUT2D eigenvalue weighted by atomic mass is 10.1. The van der Waals surface area contributed by atoms with Gasteiger partial charge in [0.2, 0.25) is 0 Å². The van der Waals surface area contributed by atoms with E-state index in [-0.39, 0.29) is 36.5 Å². The second-order valence-electron chi connectivity index (χ2n) is 6.21. The molecule has 2 heterocycles. The minimum absolute atomic E-state index is 0.141. The minimum Gasteiger partial charge on any atom is -0.447 e. The van der Waals surface area contributed by atoms with E-state index in [0.29, 0.717) is 12.3 Å². The predicted octanol–water partition coefficient (Wildman–Crippen LogP) is 2.35. The first-order valence-corrected chi connectivity index (χ1v) is 7.44. The molecule has 1 spiro atoms. The molecule has 3 aliphatic rings. The highest BCUT2D eigenvalue weighted by Crippen LogP contribution is 2.52. The number of cyclic esters (lactones) is 1. The summed E-state index contributed by atoms with van der Waals surface area (Å²) in [5.74, 6) is -1.48. The van der Waals surface area contributed by atoms with Gasteiger partial charge in [0, 0.05) is 24.1 Å². The van der Waals surface area contributed by atoms with Gasteiger partial charge >= 0.3 is 6.09 Å². The third-order valence-corrected chi connectivity index (χ3v) is 4.81. The Labute approximate surface area is 130 Å². The first kappa shape index (κ1) is 14.2. The number of carbonyl (C=O) groups is 1. The smallest absolute Gasteiger partial charge is 0.414 e. The Morgan fingerprint density at radius 1 is 1.26 bits per heavy atom. The summed E-state index contributed by atoms with van der Waals surface area (Å²) in [6.07, 6.45) is 1.12. The molecule has 0 atom stereocenters. The molecular weight excluding hydrogens is 308 g/mol. The summed E-state index contributed by atoms with van der Waals surface area (Å²) >= 11 is 0. The summed E-state index contributed by atoms with van der Waals surface area (Å²) in [5.41, 5.74) is 0.336. The highest BCUT2D eigenvalue weighted by atomic mass is 19.1. The van der Waals surface area contributed by atoms with Crippen LogP contribution in [-0.4, -0.2) is 43.3 Å². The van der Waals surface area contributed by atoms with E-state index >= 15 is 0 Å². The zero-order valence-corrected chi connectivity index (χ0v) is 12.3. The number of hydrogen-bond donors (Lipinski definition) is 1. The molecule has 2 saturated heterocycles. The fourth-order valence-electron chi connectivity index (χ4n) is 3.39. The Bertz CT molecular complexity index is 695. The maximum absolute atomic E-state index is 14.5. The van der Waals surface area contributed by atoms with Crippen molar-refractivity contribution in [2.24, 2.45) is 10.6 Å². The molecule has 1 N–H and O–H groups in total. The van der Waals surface area contributed by atoms with E-state index in [1.807, 2.05) is 0 Å². The average molecular weight is 323 g/mol. The van der Waals surface area contributed by atoms with Crippen molar-refractivity contribution >= 4 is 23.2 Å². The topological polar surface area (TPSA) is 65.4 Å². The van der Waals surface area contributed by atoms with Crippen LogP contribution < -0.4 is 9.80 Å². The number of ether oxygens (including phenoxy) is 1. The van der Waals surface area contributed by atoms with Crippen LogP contribution in [0.4, 0.5) is 25.0 Å². The normalized spacial score (nSPS) is 23.9. The highest BCUT2D eigenvalue weighted by molar-refractivity contribution is 5.99. The first-order valence-electron chi connectivity index (χ1n) is 7.44. The fraction of sp³-hybridized carbons (Fsp3) is 0.467. The van der Waals surface area contributed by atoms with E-state index in [1.54, 1.807) is 4.90 Å². The molecule has 1 saturated carbocycles. The van der Waals surface area contributed by atoms with Crippen LogP contribution in [0, 0.1) is 17.0 Å². The van der Waals surface area contributed by atoms with Gasteiger partial charge in [-0.25, -0.2) is 13.6 Å². The second kappa shape index (κ2) is 4.81. The van der Waals surface area contributed by atoms with Crippen LogP contribution in [-0.2, 0) is 4.74 Å². The largest absolute Gasteiger partial charge is 0.447 e. The molecule has 3 fully saturated rings. The highest BCUT2D eigenvalue weighted by Gasteiger charge is 2.54. The summed E-state index contributed by atoms with van der Waals surface area (Å²) in [7, 11) is 0. The monoisotopic (exact) mass is 323 g/mol. The Morgan fingerprint density at radius 2 is 1.96 bits per heavy atom. The summed E-state index contributed by atoms with van der Waals surface area (Å²) in [4.78, 5) is 14.3. The van der Waals surface area contributed by atoms with Crippen LogP contribution in [0.15, 0.2) is 17.3 Å². The Balaban J connectivity index is 1.67. The molecule has 0 radical (unpaired) electrons. The van der Waals surface area contributed by atoms with Crippen LogP contribution >= 0.6 is 0 Å². The van der Waals surface area contributed by atoms with Crippen LogP contribution in [0.1, 0.15) is 12.8 Å². The van der Waals surface area contributed by atoms with Crippen molar-refractivity contribution in [1.29, 1.82) is 0 Å². The molecule has 0 bridgehead atoms. The van der Waals surface area contributed by atoms with Gasteiger partial charge in [0.05, 0.1) is 24.5 Å². The van der Waals surface area contributed by atoms with E-state index in [1.165, 1.54) is 4.90 Å². The summed E-state index contributed by atoms with van der Waals surface area (Å²) in [5, 5.41) is 12.4. The number of halogens is 2. The van der Waals surface area contributed by atoms with Crippen molar-refractivity contribution in [3.63, 3.8) is 0 Å². The molecule has 4 rings (SSSR count). The molecule has 23 heavy (non-hydrogen) atoms. The summed E-state index contributed by atoms with van der Waals surface area (Å²) in [6.45, 7) is 1.11. The standard InChI is InChI=1S/C15H15F2N3O3/c16-10-5-9(20-3-4-23-14(20)21)6-11(17)13(10)19-7-12(18-22)15(8-19)1-2-15/h5-6,22H,1-4,7-8H2/b18-12+. The lowest BCUT2D eigenvalue weighted by Gasteiger charge is -2.21. The van der Waals surface area contributed by atoms with E-state index in [2.05, 4.69) is 5.16 Å². The number of benzene rings is 1. The van der Waals surface area contributed by atoms with Crippen LogP contribution in [0.3, 0.4) is 0 Å². The SMILES string of the molecule is O=C1OCCN1c1cc(F)c(N2C/C(=N\O)C3(CC3)C2)c(F)c1. The van der Waals surface area contributed by atoms with E-state index in [4.69, 9.17) is 9.94 Å². The molecule has 2 aliphatic heterocycles. The number of carbonyl (C=O) groups excluding carboxylic acids is 1. The van der Waals surface area contributed by atoms with Crippen molar-refractivity contribution < 1.29 is 23.5 Å². The minimum atomic E-state index is -0.741. The quantitative estimate of drug-likeness (QED) is 0.670. The lowest BCUT2D eigenvalue weighted by Crippen LogP contribution is -2.26. The molecule has 8 heteroatoms. The molecule has 6 nitrogen and oxygen atoms in total. The van der Waals surface area contributed by atoms with Gasteiger partial charge < -0.3 is 14.8 Å². The van der Waals surface area contributed by atoms with Crippen molar-refractivity contribution in [3.05, 3.63) is 23.8 Å². The Kier molecular flexibility index (Phi) is 2.97. The van der Waals surface area contributed by atoms with Gasteiger partial charge in [0.25, 0.3) is 0 Å². The van der Waals surface area contributed by atoms with Crippen LogP contribution in [0.25, 0.3) is 0 Å². The predicted molar refractivity (Wildman–Crippen MR) is 78.2 cm³/mol. The fourth-order valence-corrected chi connectivity index (χ4v) is 3.39. The van der Waals surface area contributed by atoms with Gasteiger partial charge in [0.15, 0.2) is 11.6 Å². The zero-order valence-electron chi connectivity index (χ0n) is 12.3. The number of amides is 1. The van der Waals surface area contributed by atoms with Gasteiger partial charge in [-0.3, -0.25) is 4.90 Å².